The number of hydrogen-bond acceptors (Lipinski definition) is 11. The molecule has 0 aliphatic carbocycles. The number of aryl methyl sites for hydroxylation is 1. The molecule has 0 aliphatic heterocycles. The number of imidazole rings is 1. The Balaban J connectivity index is 0.000000856. The zero-order valence-corrected chi connectivity index (χ0v) is 20.6. The van der Waals surface area contributed by atoms with E-state index in [9.17, 15) is 18.6 Å². The Morgan fingerprint density at radius 2 is 1.67 bits per heavy atom. The first kappa shape index (κ1) is 23.5. The number of nitrogen functional groups attached to an aromatic ring is 1. The first-order valence-corrected chi connectivity index (χ1v) is 13.9. The number of rotatable bonds is 12. The highest BCUT2D eigenvalue weighted by atomic mass is 31.3. The molecule has 2 unspecified atom stereocenters. The van der Waals surface area contributed by atoms with Crippen LogP contribution < -0.4 is 5.73 Å². The Morgan fingerprint density at radius 3 is 2.18 bits per heavy atom. The summed E-state index contributed by atoms with van der Waals surface area (Å²) >= 11 is 0. The number of nitrogens with zero attached hydrogens (tertiary/aromatic N) is 5. The lowest BCUT2D eigenvalue weighted by molar-refractivity contribution is 0.145. The number of anilines is 1. The second-order valence-corrected chi connectivity index (χ2v) is 10.7. The molecule has 16 nitrogen and oxygen atoms in total. The van der Waals surface area contributed by atoms with Crippen LogP contribution in [0.2, 0.25) is 0 Å². The molecular formula is C14H29N6O10P3. The van der Waals surface area contributed by atoms with Crippen LogP contribution in [-0.4, -0.2) is 76.5 Å². The van der Waals surface area contributed by atoms with Crippen LogP contribution in [0.5, 0.6) is 0 Å². The summed E-state index contributed by atoms with van der Waals surface area (Å²) in [6.45, 7) is 3.60. The third-order valence-corrected chi connectivity index (χ3v) is 7.59. The Hall–Kier alpha value is -1.28. The molecule has 0 amide bonds. The van der Waals surface area contributed by atoms with Gasteiger partial charge in [-0.05, 0) is 19.6 Å². The molecule has 190 valence electrons. The van der Waals surface area contributed by atoms with Gasteiger partial charge in [0.1, 0.15) is 18.2 Å². The monoisotopic (exact) mass is 538 g/mol. The van der Waals surface area contributed by atoms with Gasteiger partial charge in [-0.3, -0.25) is 4.57 Å². The van der Waals surface area contributed by atoms with Gasteiger partial charge >= 0.3 is 23.2 Å². The van der Waals surface area contributed by atoms with E-state index in [1.807, 2.05) is 0 Å². The van der Waals surface area contributed by atoms with E-state index in [1.165, 1.54) is 19.6 Å². The molecule has 0 spiro atoms. The molecule has 2 rings (SSSR count). The number of ether oxygens (including phenoxy) is 1. The molecule has 2 atom stereocenters. The molecule has 6 N–H and O–H groups in total. The third kappa shape index (κ3) is 11.1. The topological polar surface area (TPSA) is 233 Å². The first-order chi connectivity index (χ1) is 16.7. The quantitative estimate of drug-likeness (QED) is 0.238. The predicted molar refractivity (Wildman–Crippen MR) is 118 cm³/mol. The molecule has 0 aliphatic rings. The summed E-state index contributed by atoms with van der Waals surface area (Å²) in [6.07, 6.45) is 0.0674. The molecular weight excluding hydrogens is 505 g/mol. The van der Waals surface area contributed by atoms with Crippen molar-refractivity contribution in [3.63, 3.8) is 0 Å². The number of hydrogen-bond donors (Lipinski definition) is 5. The van der Waals surface area contributed by atoms with Gasteiger partial charge in [-0.2, -0.15) is 4.31 Å². The minimum atomic E-state index is -5.76. The lowest BCUT2D eigenvalue weighted by Gasteiger charge is -2.16. The van der Waals surface area contributed by atoms with Gasteiger partial charge in [0.25, 0.3) is 0 Å². The number of fused-ring (bicyclic) bond motifs is 1. The lowest BCUT2D eigenvalue weighted by atomic mass is 10.5. The Bertz CT molecular complexity index is 1190. The van der Waals surface area contributed by atoms with E-state index in [0.29, 0.717) is 4.57 Å². The molecule has 0 radical (unpaired) electrons. The highest BCUT2D eigenvalue weighted by molar-refractivity contribution is 7.68. The highest BCUT2D eigenvalue weighted by Crippen LogP contribution is 2.65. The zero-order valence-electron chi connectivity index (χ0n) is 21.9. The maximum atomic E-state index is 11.8. The second-order valence-electron chi connectivity index (χ2n) is 5.91. The second kappa shape index (κ2) is 13.0. The fourth-order valence-corrected chi connectivity index (χ4v) is 5.30. The van der Waals surface area contributed by atoms with Crippen LogP contribution in [0, 0.1) is 0 Å². The fraction of sp³-hybridized carbons (Fsp3) is 0.643. The van der Waals surface area contributed by atoms with Gasteiger partial charge in [0.2, 0.25) is 0 Å². The van der Waals surface area contributed by atoms with E-state index in [2.05, 4.69) is 54.0 Å². The zero-order chi connectivity index (χ0) is 28.9. The van der Waals surface area contributed by atoms with Crippen molar-refractivity contribution in [3.05, 3.63) is 12.7 Å². The van der Waals surface area contributed by atoms with Crippen molar-refractivity contribution >= 4 is 40.2 Å². The summed E-state index contributed by atoms with van der Waals surface area (Å²) in [5.41, 5.74) is 5.26. The van der Waals surface area contributed by atoms with Gasteiger partial charge in [-0.25, -0.2) is 28.4 Å². The van der Waals surface area contributed by atoms with Crippen LogP contribution in [0.4, 0.5) is 5.82 Å². The SMILES string of the molecule is CCN(CC)CC.[2H]C([2H])(OCP(=O)(O)OP(=O)(O)OP(=O)(O)O)C([2H])([2H])n1cnc2c(N)ncnc21. The average Bonchev–Trinajstić information content (AvgIpc) is 3.18. The maximum Gasteiger partial charge on any atom is 0.488 e. The average molecular weight is 538 g/mol. The highest BCUT2D eigenvalue weighted by Gasteiger charge is 2.39. The standard InChI is InChI=1S/C8H14N5O10P3.C6H15N/c9-7-6-8(11-3-10-7)13(4-12-6)1-2-21-5-24(14,15)22-26(19,20)23-25(16,17)18;1-4-7(5-2)6-3/h3-4H,1-2,5H2,(H,14,15)(H,19,20)(H2,9,10,11)(H2,16,17,18);4-6H2,1-3H3/i1D2,2D2;. The van der Waals surface area contributed by atoms with Gasteiger partial charge in [0, 0.05) is 6.50 Å². The van der Waals surface area contributed by atoms with E-state index < -0.39 is 42.6 Å². The van der Waals surface area contributed by atoms with Crippen molar-refractivity contribution in [1.82, 2.24) is 24.4 Å². The van der Waals surface area contributed by atoms with Crippen LogP contribution in [0.3, 0.4) is 0 Å². The largest absolute Gasteiger partial charge is 0.488 e. The Morgan fingerprint density at radius 1 is 1.06 bits per heavy atom. The molecule has 19 heteroatoms. The van der Waals surface area contributed by atoms with Crippen LogP contribution in [0.1, 0.15) is 26.3 Å². The number of phosphoric acid groups is 2. The van der Waals surface area contributed by atoms with Crippen molar-refractivity contribution < 1.29 is 52.1 Å². The normalized spacial score (nSPS) is 18.3. The molecule has 2 heterocycles. The summed E-state index contributed by atoms with van der Waals surface area (Å²) in [7, 11) is -16.7. The van der Waals surface area contributed by atoms with E-state index in [-0.39, 0.29) is 17.0 Å². The summed E-state index contributed by atoms with van der Waals surface area (Å²) in [5.74, 6) is -0.131. The first-order valence-electron chi connectivity index (χ1n) is 11.1. The summed E-state index contributed by atoms with van der Waals surface area (Å²) < 4.78 is 77.3. The van der Waals surface area contributed by atoms with Crippen molar-refractivity contribution in [2.75, 3.05) is 38.3 Å². The lowest BCUT2D eigenvalue weighted by Crippen LogP contribution is -2.21. The fourth-order valence-electron chi connectivity index (χ4n) is 2.13. The van der Waals surface area contributed by atoms with Gasteiger partial charge in [-0.15, -0.1) is 0 Å². The predicted octanol–water partition coefficient (Wildman–Crippen LogP) is 1.14. The van der Waals surface area contributed by atoms with Crippen LogP contribution in [-0.2, 0) is 33.6 Å². The molecule has 33 heavy (non-hydrogen) atoms. The number of aromatic nitrogens is 4. The van der Waals surface area contributed by atoms with Gasteiger partial charge in [0.05, 0.1) is 18.4 Å². The van der Waals surface area contributed by atoms with Crippen molar-refractivity contribution in [1.29, 1.82) is 0 Å². The maximum absolute atomic E-state index is 11.8. The molecule has 0 saturated heterocycles. The van der Waals surface area contributed by atoms with E-state index in [1.54, 1.807) is 0 Å². The molecule has 0 fully saturated rings. The summed E-state index contributed by atoms with van der Waals surface area (Å²) in [5, 5.41) is 0. The third-order valence-electron chi connectivity index (χ3n) is 3.61. The van der Waals surface area contributed by atoms with Crippen LogP contribution in [0.15, 0.2) is 12.7 Å². The van der Waals surface area contributed by atoms with E-state index in [0.717, 1.165) is 12.7 Å². The molecule has 2 aromatic rings. The van der Waals surface area contributed by atoms with Gasteiger partial charge < -0.3 is 39.5 Å². The minimum Gasteiger partial charge on any atom is -0.382 e. The minimum absolute atomic E-state index is 0.0656. The van der Waals surface area contributed by atoms with Crippen molar-refractivity contribution in [2.45, 2.75) is 27.3 Å². The Kier molecular flexibility index (Phi) is 9.23. The van der Waals surface area contributed by atoms with Crippen LogP contribution in [0.25, 0.3) is 11.2 Å². The van der Waals surface area contributed by atoms with Crippen molar-refractivity contribution in [2.24, 2.45) is 0 Å². The Labute approximate surface area is 195 Å². The van der Waals surface area contributed by atoms with Crippen LogP contribution >= 0.6 is 23.2 Å². The molecule has 0 saturated carbocycles. The van der Waals surface area contributed by atoms with Crippen molar-refractivity contribution in [3.8, 4) is 0 Å². The summed E-state index contributed by atoms with van der Waals surface area (Å²) in [6, 6.07) is 0. The smallest absolute Gasteiger partial charge is 0.382 e. The van der Waals surface area contributed by atoms with Gasteiger partial charge in [-0.1, -0.05) is 20.8 Å². The van der Waals surface area contributed by atoms with E-state index >= 15 is 0 Å². The van der Waals surface area contributed by atoms with Gasteiger partial charge in [0.15, 0.2) is 11.5 Å². The molecule has 0 bridgehead atoms. The molecule has 0 aromatic carbocycles. The number of nitrogens with two attached hydrogens (primary N) is 1. The summed E-state index contributed by atoms with van der Waals surface area (Å²) in [4.78, 5) is 49.0. The van der Waals surface area contributed by atoms with E-state index in [4.69, 9.17) is 25.9 Å². The molecule has 2 aromatic heterocycles.